The van der Waals surface area contributed by atoms with E-state index in [-0.39, 0.29) is 0 Å². The van der Waals surface area contributed by atoms with E-state index >= 15 is 0 Å². The SMILES string of the molecule is C1=CC2=C3CCCC[C@H]3[C@@H](c3ccccc3)[C@@H]2CO1. The molecule has 0 saturated heterocycles. The van der Waals surface area contributed by atoms with Crippen LogP contribution in [0.15, 0.2) is 53.8 Å². The van der Waals surface area contributed by atoms with E-state index in [1.807, 2.05) is 6.26 Å². The number of benzene rings is 1. The van der Waals surface area contributed by atoms with Crippen molar-refractivity contribution in [1.82, 2.24) is 0 Å². The van der Waals surface area contributed by atoms with E-state index < -0.39 is 0 Å². The molecule has 1 fully saturated rings. The monoisotopic (exact) mass is 252 g/mol. The standard InChI is InChI=1S/C18H20O/c1-2-6-13(7-3-1)18-16-9-5-4-8-14(16)15-10-11-19-12-17(15)18/h1-3,6-7,10-11,16-18H,4-5,8-9,12H2/t16-,17-,18-/m1/s1. The zero-order valence-corrected chi connectivity index (χ0v) is 11.2. The van der Waals surface area contributed by atoms with E-state index in [0.29, 0.717) is 11.8 Å². The lowest BCUT2D eigenvalue weighted by atomic mass is 9.75. The van der Waals surface area contributed by atoms with Crippen LogP contribution >= 0.6 is 0 Å². The molecule has 19 heavy (non-hydrogen) atoms. The Morgan fingerprint density at radius 2 is 1.89 bits per heavy atom. The second kappa shape index (κ2) is 4.56. The fourth-order valence-corrected chi connectivity index (χ4v) is 4.35. The van der Waals surface area contributed by atoms with Gasteiger partial charge in [0.05, 0.1) is 12.9 Å². The fourth-order valence-electron chi connectivity index (χ4n) is 4.35. The van der Waals surface area contributed by atoms with E-state index in [1.54, 1.807) is 11.1 Å². The van der Waals surface area contributed by atoms with Crippen molar-refractivity contribution < 1.29 is 4.74 Å². The number of rotatable bonds is 1. The van der Waals surface area contributed by atoms with Crippen LogP contribution in [0.1, 0.15) is 37.2 Å². The van der Waals surface area contributed by atoms with E-state index in [9.17, 15) is 0 Å². The van der Waals surface area contributed by atoms with Gasteiger partial charge in [-0.25, -0.2) is 0 Å². The van der Waals surface area contributed by atoms with Gasteiger partial charge in [-0.15, -0.1) is 0 Å². The normalized spacial score (nSPS) is 32.7. The first-order valence-corrected chi connectivity index (χ1v) is 7.51. The zero-order valence-electron chi connectivity index (χ0n) is 11.2. The molecule has 1 nitrogen and oxygen atoms in total. The summed E-state index contributed by atoms with van der Waals surface area (Å²) in [5, 5.41) is 0. The Labute approximate surface area is 115 Å². The third-order valence-corrected chi connectivity index (χ3v) is 5.10. The minimum absolute atomic E-state index is 0.588. The molecule has 3 atom stereocenters. The van der Waals surface area contributed by atoms with Crippen molar-refractivity contribution in [3.63, 3.8) is 0 Å². The molecule has 98 valence electrons. The molecule has 0 bridgehead atoms. The highest BCUT2D eigenvalue weighted by Gasteiger charge is 2.43. The predicted octanol–water partition coefficient (Wildman–Crippen LogP) is 4.43. The summed E-state index contributed by atoms with van der Waals surface area (Å²) in [7, 11) is 0. The average molecular weight is 252 g/mol. The van der Waals surface area contributed by atoms with Crippen LogP contribution < -0.4 is 0 Å². The second-order valence-corrected chi connectivity index (χ2v) is 6.01. The molecule has 1 heteroatoms. The maximum atomic E-state index is 5.63. The lowest BCUT2D eigenvalue weighted by Crippen LogP contribution is -2.22. The van der Waals surface area contributed by atoms with Crippen LogP contribution in [0.2, 0.25) is 0 Å². The van der Waals surface area contributed by atoms with Gasteiger partial charge >= 0.3 is 0 Å². The van der Waals surface area contributed by atoms with Gasteiger partial charge < -0.3 is 4.74 Å². The molecule has 0 unspecified atom stereocenters. The summed E-state index contributed by atoms with van der Waals surface area (Å²) in [4.78, 5) is 0. The van der Waals surface area contributed by atoms with Gasteiger partial charge in [0, 0.05) is 11.8 Å². The van der Waals surface area contributed by atoms with Crippen LogP contribution in [0.3, 0.4) is 0 Å². The Hall–Kier alpha value is -1.50. The topological polar surface area (TPSA) is 9.23 Å². The highest BCUT2D eigenvalue weighted by Crippen LogP contribution is 2.54. The molecular weight excluding hydrogens is 232 g/mol. The Kier molecular flexibility index (Phi) is 2.72. The summed E-state index contributed by atoms with van der Waals surface area (Å²) in [6.45, 7) is 0.866. The van der Waals surface area contributed by atoms with Crippen molar-refractivity contribution in [2.45, 2.75) is 31.6 Å². The second-order valence-electron chi connectivity index (χ2n) is 6.01. The Bertz CT molecular complexity index is 526. The molecule has 2 aliphatic carbocycles. The van der Waals surface area contributed by atoms with Crippen molar-refractivity contribution in [3.05, 3.63) is 59.4 Å². The summed E-state index contributed by atoms with van der Waals surface area (Å²) in [5.74, 6) is 2.00. The smallest absolute Gasteiger partial charge is 0.0947 e. The van der Waals surface area contributed by atoms with Crippen molar-refractivity contribution in [3.8, 4) is 0 Å². The van der Waals surface area contributed by atoms with Gasteiger partial charge in [0.15, 0.2) is 0 Å². The highest BCUT2D eigenvalue weighted by atomic mass is 16.5. The number of ether oxygens (including phenoxy) is 1. The van der Waals surface area contributed by atoms with Crippen LogP contribution in [0.4, 0.5) is 0 Å². The van der Waals surface area contributed by atoms with Gasteiger partial charge in [0.1, 0.15) is 0 Å². The third kappa shape index (κ3) is 1.75. The molecule has 1 aromatic carbocycles. The molecule has 0 N–H and O–H groups in total. The maximum Gasteiger partial charge on any atom is 0.0947 e. The number of allylic oxidation sites excluding steroid dienone is 2. The summed E-state index contributed by atoms with van der Waals surface area (Å²) in [5.41, 5.74) is 4.85. The van der Waals surface area contributed by atoms with Gasteiger partial charge in [-0.2, -0.15) is 0 Å². The molecule has 3 aliphatic rings. The molecule has 4 rings (SSSR count). The summed E-state index contributed by atoms with van der Waals surface area (Å²) in [6, 6.07) is 11.1. The molecule has 1 aliphatic heterocycles. The Morgan fingerprint density at radius 1 is 1.00 bits per heavy atom. The zero-order chi connectivity index (χ0) is 12.7. The predicted molar refractivity (Wildman–Crippen MR) is 76.7 cm³/mol. The summed E-state index contributed by atoms with van der Waals surface area (Å²) < 4.78 is 5.63. The molecular formula is C18H20O. The van der Waals surface area contributed by atoms with Crippen molar-refractivity contribution in [1.29, 1.82) is 0 Å². The molecule has 0 radical (unpaired) electrons. The van der Waals surface area contributed by atoms with E-state index in [4.69, 9.17) is 4.74 Å². The van der Waals surface area contributed by atoms with E-state index in [2.05, 4.69) is 36.4 Å². The maximum absolute atomic E-state index is 5.63. The quantitative estimate of drug-likeness (QED) is 0.718. The molecule has 0 aromatic heterocycles. The molecule has 0 spiro atoms. The van der Waals surface area contributed by atoms with Crippen LogP contribution in [0.5, 0.6) is 0 Å². The largest absolute Gasteiger partial charge is 0.501 e. The van der Waals surface area contributed by atoms with Crippen molar-refractivity contribution in [2.75, 3.05) is 6.61 Å². The fraction of sp³-hybridized carbons (Fsp3) is 0.444. The third-order valence-electron chi connectivity index (χ3n) is 5.10. The summed E-state index contributed by atoms with van der Waals surface area (Å²) >= 11 is 0. The van der Waals surface area contributed by atoms with Gasteiger partial charge in [-0.05, 0) is 42.4 Å². The molecule has 1 saturated carbocycles. The minimum Gasteiger partial charge on any atom is -0.501 e. The lowest BCUT2D eigenvalue weighted by molar-refractivity contribution is 0.180. The van der Waals surface area contributed by atoms with E-state index in [1.165, 1.54) is 31.2 Å². The number of hydrogen-bond donors (Lipinski definition) is 0. The first kappa shape index (κ1) is 11.3. The van der Waals surface area contributed by atoms with Crippen LogP contribution in [0, 0.1) is 11.8 Å². The van der Waals surface area contributed by atoms with Crippen LogP contribution in [-0.2, 0) is 4.74 Å². The first-order valence-electron chi connectivity index (χ1n) is 7.51. The Morgan fingerprint density at radius 3 is 2.79 bits per heavy atom. The van der Waals surface area contributed by atoms with Gasteiger partial charge in [0.2, 0.25) is 0 Å². The van der Waals surface area contributed by atoms with Crippen LogP contribution in [-0.4, -0.2) is 6.61 Å². The minimum atomic E-state index is 0.588. The average Bonchev–Trinajstić information content (AvgIpc) is 2.83. The van der Waals surface area contributed by atoms with Crippen LogP contribution in [0.25, 0.3) is 0 Å². The lowest BCUT2D eigenvalue weighted by Gasteiger charge is -2.30. The van der Waals surface area contributed by atoms with E-state index in [0.717, 1.165) is 12.5 Å². The molecule has 1 aromatic rings. The van der Waals surface area contributed by atoms with Gasteiger partial charge in [-0.1, -0.05) is 42.3 Å². The first-order chi connectivity index (χ1) is 9.45. The van der Waals surface area contributed by atoms with Crippen molar-refractivity contribution >= 4 is 0 Å². The number of fused-ring (bicyclic) bond motifs is 2. The number of hydrogen-bond acceptors (Lipinski definition) is 1. The van der Waals surface area contributed by atoms with Crippen molar-refractivity contribution in [2.24, 2.45) is 11.8 Å². The Balaban J connectivity index is 1.78. The highest BCUT2D eigenvalue weighted by molar-refractivity contribution is 5.43. The van der Waals surface area contributed by atoms with Gasteiger partial charge in [-0.3, -0.25) is 0 Å². The molecule has 0 amide bonds. The molecule has 1 heterocycles. The van der Waals surface area contributed by atoms with Gasteiger partial charge in [0.25, 0.3) is 0 Å². The summed E-state index contributed by atoms with van der Waals surface area (Å²) in [6.07, 6.45) is 9.58.